The normalized spacial score (nSPS) is 11.7. The van der Waals surface area contributed by atoms with Crippen LogP contribution in [0.4, 0.5) is 5.69 Å². The van der Waals surface area contributed by atoms with Gasteiger partial charge in [0.15, 0.2) is 6.10 Å². The topological polar surface area (TPSA) is 55.4 Å². The quantitative estimate of drug-likeness (QED) is 0.861. The average molecular weight is 325 g/mol. The summed E-state index contributed by atoms with van der Waals surface area (Å²) in [7, 11) is 0. The number of hydrogen-bond acceptors (Lipinski definition) is 3. The predicted molar refractivity (Wildman–Crippen MR) is 95.3 cm³/mol. The van der Waals surface area contributed by atoms with E-state index >= 15 is 0 Å². The Morgan fingerprint density at radius 2 is 1.58 bits per heavy atom. The van der Waals surface area contributed by atoms with Crippen LogP contribution in [0.25, 0.3) is 0 Å². The minimum absolute atomic E-state index is 0.342. The van der Waals surface area contributed by atoms with E-state index in [2.05, 4.69) is 5.32 Å². The van der Waals surface area contributed by atoms with Crippen molar-refractivity contribution in [2.24, 2.45) is 0 Å². The molecule has 0 aliphatic carbocycles. The lowest BCUT2D eigenvalue weighted by atomic mass is 10.0. The first-order chi connectivity index (χ1) is 11.3. The van der Waals surface area contributed by atoms with Gasteiger partial charge in [-0.2, -0.15) is 0 Å². The Bertz CT molecular complexity index is 757. The molecule has 0 saturated heterocycles. The number of nitrogens with one attached hydrogen (secondary N) is 1. The molecule has 1 N–H and O–H groups in total. The van der Waals surface area contributed by atoms with Gasteiger partial charge in [0.05, 0.1) is 5.56 Å². The third-order valence-electron chi connectivity index (χ3n) is 3.83. The summed E-state index contributed by atoms with van der Waals surface area (Å²) < 4.78 is 5.28. The van der Waals surface area contributed by atoms with Gasteiger partial charge in [0, 0.05) is 5.69 Å². The first-order valence-corrected chi connectivity index (χ1v) is 7.94. The maximum atomic E-state index is 12.3. The number of carbonyl (C=O) groups excluding carboxylic acids is 2. The number of hydrogen-bond donors (Lipinski definition) is 1. The summed E-state index contributed by atoms with van der Waals surface area (Å²) in [6.45, 7) is 9.37. The van der Waals surface area contributed by atoms with Crippen molar-refractivity contribution in [2.75, 3.05) is 5.32 Å². The molecule has 0 aromatic heterocycles. The van der Waals surface area contributed by atoms with E-state index in [1.807, 2.05) is 45.9 Å². The molecule has 1 amide bonds. The van der Waals surface area contributed by atoms with Crippen molar-refractivity contribution in [1.29, 1.82) is 0 Å². The zero-order chi connectivity index (χ0) is 17.9. The fourth-order valence-electron chi connectivity index (χ4n) is 2.66. The van der Waals surface area contributed by atoms with Crippen molar-refractivity contribution in [2.45, 2.75) is 40.7 Å². The fraction of sp³-hybridized carbons (Fsp3) is 0.300. The highest BCUT2D eigenvalue weighted by Gasteiger charge is 2.20. The van der Waals surface area contributed by atoms with Crippen LogP contribution in [-0.2, 0) is 9.53 Å². The van der Waals surface area contributed by atoms with Gasteiger partial charge < -0.3 is 10.1 Å². The van der Waals surface area contributed by atoms with Crippen molar-refractivity contribution in [1.82, 2.24) is 0 Å². The Morgan fingerprint density at radius 3 is 2.17 bits per heavy atom. The van der Waals surface area contributed by atoms with Crippen LogP contribution in [0.3, 0.4) is 0 Å². The molecular formula is C20H23NO3. The van der Waals surface area contributed by atoms with Gasteiger partial charge in [-0.1, -0.05) is 35.4 Å². The molecule has 2 aromatic carbocycles. The third kappa shape index (κ3) is 4.22. The zero-order valence-corrected chi connectivity index (χ0v) is 14.8. The smallest absolute Gasteiger partial charge is 0.338 e. The van der Waals surface area contributed by atoms with E-state index in [-0.39, 0.29) is 5.91 Å². The summed E-state index contributed by atoms with van der Waals surface area (Å²) in [5.74, 6) is -0.843. The van der Waals surface area contributed by atoms with Crippen molar-refractivity contribution in [3.05, 3.63) is 64.2 Å². The monoisotopic (exact) mass is 325 g/mol. The van der Waals surface area contributed by atoms with Gasteiger partial charge in [0.2, 0.25) is 0 Å². The average Bonchev–Trinajstić information content (AvgIpc) is 2.50. The molecule has 0 radical (unpaired) electrons. The van der Waals surface area contributed by atoms with Crippen LogP contribution in [0.5, 0.6) is 0 Å². The van der Waals surface area contributed by atoms with Crippen LogP contribution in [0.15, 0.2) is 36.4 Å². The molecule has 0 aliphatic rings. The molecule has 1 atom stereocenters. The van der Waals surface area contributed by atoms with E-state index in [0.717, 1.165) is 27.9 Å². The standard InChI is InChI=1S/C20H23NO3/c1-12-7-6-8-17(11-12)20(23)24-16(5)19(22)21-18-14(3)9-13(2)10-15(18)4/h6-11,16H,1-5H3,(H,21,22)/t16-/m1/s1. The fourth-order valence-corrected chi connectivity index (χ4v) is 2.66. The second-order valence-electron chi connectivity index (χ2n) is 6.18. The lowest BCUT2D eigenvalue weighted by molar-refractivity contribution is -0.123. The highest BCUT2D eigenvalue weighted by atomic mass is 16.5. The summed E-state index contributed by atoms with van der Waals surface area (Å²) in [5, 5.41) is 2.86. The molecule has 4 nitrogen and oxygen atoms in total. The van der Waals surface area contributed by atoms with Gasteiger partial charge in [-0.15, -0.1) is 0 Å². The largest absolute Gasteiger partial charge is 0.449 e. The molecule has 0 aliphatic heterocycles. The SMILES string of the molecule is Cc1cccc(C(=O)O[C@H](C)C(=O)Nc2c(C)cc(C)cc2C)c1. The number of carbonyl (C=O) groups is 2. The van der Waals surface area contributed by atoms with Crippen molar-refractivity contribution >= 4 is 17.6 Å². The number of benzene rings is 2. The summed E-state index contributed by atoms with van der Waals surface area (Å²) in [6, 6.07) is 11.1. The van der Waals surface area contributed by atoms with Gasteiger partial charge in [0.1, 0.15) is 0 Å². The number of rotatable bonds is 4. The summed E-state index contributed by atoms with van der Waals surface area (Å²) in [5.41, 5.74) is 5.28. The molecular weight excluding hydrogens is 302 g/mol. The van der Waals surface area contributed by atoms with Crippen LogP contribution in [0.2, 0.25) is 0 Å². The summed E-state index contributed by atoms with van der Waals surface area (Å²) >= 11 is 0. The lowest BCUT2D eigenvalue weighted by Gasteiger charge is -2.17. The molecule has 0 spiro atoms. The molecule has 0 heterocycles. The number of amides is 1. The van der Waals surface area contributed by atoms with Gasteiger partial charge in [0.25, 0.3) is 5.91 Å². The first kappa shape index (κ1) is 17.7. The number of anilines is 1. The third-order valence-corrected chi connectivity index (χ3v) is 3.83. The lowest BCUT2D eigenvalue weighted by Crippen LogP contribution is -2.30. The van der Waals surface area contributed by atoms with E-state index in [1.54, 1.807) is 25.1 Å². The Balaban J connectivity index is 2.06. The Labute approximate surface area is 142 Å². The van der Waals surface area contributed by atoms with Crippen LogP contribution in [0.1, 0.15) is 39.5 Å². The van der Waals surface area contributed by atoms with Gasteiger partial charge in [-0.3, -0.25) is 4.79 Å². The van der Waals surface area contributed by atoms with Gasteiger partial charge >= 0.3 is 5.97 Å². The molecule has 126 valence electrons. The Morgan fingerprint density at radius 1 is 0.958 bits per heavy atom. The van der Waals surface area contributed by atoms with Crippen molar-refractivity contribution in [3.63, 3.8) is 0 Å². The Kier molecular flexibility index (Phi) is 5.39. The number of aryl methyl sites for hydroxylation is 4. The molecule has 0 saturated carbocycles. The maximum Gasteiger partial charge on any atom is 0.338 e. The van der Waals surface area contributed by atoms with E-state index in [0.29, 0.717) is 5.56 Å². The van der Waals surface area contributed by atoms with Crippen LogP contribution < -0.4 is 5.32 Å². The number of esters is 1. The number of ether oxygens (including phenoxy) is 1. The summed E-state index contributed by atoms with van der Waals surface area (Å²) in [6.07, 6.45) is -0.877. The van der Waals surface area contributed by atoms with E-state index in [9.17, 15) is 9.59 Å². The second-order valence-corrected chi connectivity index (χ2v) is 6.18. The molecule has 0 bridgehead atoms. The first-order valence-electron chi connectivity index (χ1n) is 7.94. The zero-order valence-electron chi connectivity index (χ0n) is 14.8. The van der Waals surface area contributed by atoms with Crippen molar-refractivity contribution in [3.8, 4) is 0 Å². The molecule has 2 rings (SSSR count). The highest BCUT2D eigenvalue weighted by Crippen LogP contribution is 2.22. The summed E-state index contributed by atoms with van der Waals surface area (Å²) in [4.78, 5) is 24.5. The van der Waals surface area contributed by atoms with Gasteiger partial charge in [-0.05, 0) is 57.9 Å². The van der Waals surface area contributed by atoms with E-state index < -0.39 is 12.1 Å². The van der Waals surface area contributed by atoms with E-state index in [1.165, 1.54) is 0 Å². The Hall–Kier alpha value is -2.62. The minimum atomic E-state index is -0.877. The molecule has 24 heavy (non-hydrogen) atoms. The molecule has 4 heteroatoms. The molecule has 0 unspecified atom stereocenters. The van der Waals surface area contributed by atoms with Crippen LogP contribution in [0, 0.1) is 27.7 Å². The van der Waals surface area contributed by atoms with Crippen LogP contribution >= 0.6 is 0 Å². The van der Waals surface area contributed by atoms with Gasteiger partial charge in [-0.25, -0.2) is 4.79 Å². The molecule has 0 fully saturated rings. The minimum Gasteiger partial charge on any atom is -0.449 e. The molecule has 2 aromatic rings. The highest BCUT2D eigenvalue weighted by molar-refractivity contribution is 5.98. The van der Waals surface area contributed by atoms with E-state index in [4.69, 9.17) is 4.74 Å². The predicted octanol–water partition coefficient (Wildman–Crippen LogP) is 4.10. The second kappa shape index (κ2) is 7.30. The maximum absolute atomic E-state index is 12.3. The van der Waals surface area contributed by atoms with Crippen LogP contribution in [-0.4, -0.2) is 18.0 Å². The van der Waals surface area contributed by atoms with Crippen molar-refractivity contribution < 1.29 is 14.3 Å².